The van der Waals surface area contributed by atoms with Crippen LogP contribution in [0.4, 0.5) is 11.4 Å². The molecule has 0 aliphatic heterocycles. The van der Waals surface area contributed by atoms with Crippen molar-refractivity contribution in [1.82, 2.24) is 4.98 Å². The highest BCUT2D eigenvalue weighted by molar-refractivity contribution is 6.00. The molecule has 102 valence electrons. The van der Waals surface area contributed by atoms with Crippen LogP contribution in [0, 0.1) is 6.92 Å². The number of aromatic nitrogens is 1. The molecule has 0 radical (unpaired) electrons. The fourth-order valence-corrected chi connectivity index (χ4v) is 2.18. The third kappa shape index (κ3) is 2.96. The van der Waals surface area contributed by atoms with Crippen LogP contribution >= 0.6 is 0 Å². The minimum absolute atomic E-state index is 0.160. The summed E-state index contributed by atoms with van der Waals surface area (Å²) in [5, 5.41) is 14.6. The van der Waals surface area contributed by atoms with Crippen molar-refractivity contribution in [2.45, 2.75) is 32.7 Å². The summed E-state index contributed by atoms with van der Waals surface area (Å²) in [7, 11) is 0. The molecule has 1 aromatic carbocycles. The van der Waals surface area contributed by atoms with Gasteiger partial charge in [0.2, 0.25) is 0 Å². The fourth-order valence-electron chi connectivity index (χ4n) is 2.18. The zero-order chi connectivity index (χ0) is 14.0. The first kappa shape index (κ1) is 13.6. The van der Waals surface area contributed by atoms with E-state index in [0.717, 1.165) is 27.8 Å². The summed E-state index contributed by atoms with van der Waals surface area (Å²) in [5.41, 5.74) is 8.53. The lowest BCUT2D eigenvalue weighted by Gasteiger charge is -2.27. The topological polar surface area (TPSA) is 71.2 Å². The number of nitrogen functional groups attached to an aromatic ring is 1. The number of aliphatic hydroxyl groups is 1. The van der Waals surface area contributed by atoms with Crippen LogP contribution in [0.5, 0.6) is 0 Å². The van der Waals surface area contributed by atoms with Gasteiger partial charge in [0.15, 0.2) is 0 Å². The molecule has 0 atom stereocenters. The third-order valence-corrected chi connectivity index (χ3v) is 3.28. The number of nitrogens with one attached hydrogen (secondary N) is 1. The van der Waals surface area contributed by atoms with Gasteiger partial charge in [-0.3, -0.25) is 4.98 Å². The lowest BCUT2D eigenvalue weighted by molar-refractivity contribution is 0.261. The van der Waals surface area contributed by atoms with Crippen molar-refractivity contribution in [1.29, 1.82) is 0 Å². The normalized spacial score (nSPS) is 11.8. The number of pyridine rings is 1. The Balaban J connectivity index is 2.49. The number of benzene rings is 1. The number of anilines is 2. The summed E-state index contributed by atoms with van der Waals surface area (Å²) in [6.07, 6.45) is 2.49. The molecule has 0 unspecified atom stereocenters. The molecule has 0 aliphatic carbocycles. The summed E-state index contributed by atoms with van der Waals surface area (Å²) >= 11 is 0. The maximum Gasteiger partial charge on any atom is 0.0453 e. The van der Waals surface area contributed by atoms with E-state index in [2.05, 4.69) is 24.1 Å². The molecule has 2 aromatic rings. The van der Waals surface area contributed by atoms with Crippen molar-refractivity contribution in [2.24, 2.45) is 0 Å². The van der Waals surface area contributed by atoms with E-state index in [4.69, 9.17) is 10.8 Å². The van der Waals surface area contributed by atoms with Gasteiger partial charge in [-0.1, -0.05) is 0 Å². The van der Waals surface area contributed by atoms with E-state index in [0.29, 0.717) is 6.42 Å². The number of aliphatic hydroxyl groups excluding tert-OH is 1. The van der Waals surface area contributed by atoms with Crippen molar-refractivity contribution in [3.05, 3.63) is 30.1 Å². The molecule has 19 heavy (non-hydrogen) atoms. The molecule has 0 saturated heterocycles. The second kappa shape index (κ2) is 5.05. The lowest BCUT2D eigenvalue weighted by atomic mass is 9.99. The summed E-state index contributed by atoms with van der Waals surface area (Å²) in [4.78, 5) is 4.29. The van der Waals surface area contributed by atoms with Crippen LogP contribution in [0.25, 0.3) is 10.8 Å². The number of nitrogens with zero attached hydrogens (tertiary/aromatic N) is 1. The van der Waals surface area contributed by atoms with Crippen LogP contribution in [-0.2, 0) is 0 Å². The average Bonchev–Trinajstić information content (AvgIpc) is 2.32. The van der Waals surface area contributed by atoms with Gasteiger partial charge in [-0.2, -0.15) is 0 Å². The van der Waals surface area contributed by atoms with Gasteiger partial charge < -0.3 is 16.2 Å². The molecule has 0 aliphatic rings. The first-order chi connectivity index (χ1) is 8.93. The molecular weight excluding hydrogens is 238 g/mol. The van der Waals surface area contributed by atoms with Gasteiger partial charge in [0.05, 0.1) is 0 Å². The minimum Gasteiger partial charge on any atom is -0.398 e. The first-order valence-corrected chi connectivity index (χ1v) is 6.47. The quantitative estimate of drug-likeness (QED) is 0.738. The van der Waals surface area contributed by atoms with E-state index < -0.39 is 0 Å². The molecule has 4 heteroatoms. The van der Waals surface area contributed by atoms with Crippen LogP contribution in [0.3, 0.4) is 0 Å². The predicted octanol–water partition coefficient (Wildman–Crippen LogP) is 2.70. The lowest BCUT2D eigenvalue weighted by Crippen LogP contribution is -2.32. The van der Waals surface area contributed by atoms with E-state index in [1.165, 1.54) is 0 Å². The maximum atomic E-state index is 9.11. The zero-order valence-electron chi connectivity index (χ0n) is 11.7. The summed E-state index contributed by atoms with van der Waals surface area (Å²) in [6, 6.07) is 5.90. The third-order valence-electron chi connectivity index (χ3n) is 3.28. The smallest absolute Gasteiger partial charge is 0.0453 e. The molecule has 1 heterocycles. The van der Waals surface area contributed by atoms with Crippen LogP contribution in [0.2, 0.25) is 0 Å². The Morgan fingerprint density at radius 1 is 1.32 bits per heavy atom. The van der Waals surface area contributed by atoms with E-state index in [-0.39, 0.29) is 12.1 Å². The Labute approximate surface area is 113 Å². The molecule has 4 N–H and O–H groups in total. The molecule has 0 amide bonds. The second-order valence-electron chi connectivity index (χ2n) is 5.56. The number of aryl methyl sites for hydroxylation is 1. The molecule has 0 fully saturated rings. The Kier molecular flexibility index (Phi) is 3.62. The highest BCUT2D eigenvalue weighted by Crippen LogP contribution is 2.30. The summed E-state index contributed by atoms with van der Waals surface area (Å²) in [6.45, 7) is 6.26. The Bertz CT molecular complexity index is 593. The maximum absolute atomic E-state index is 9.11. The summed E-state index contributed by atoms with van der Waals surface area (Å²) < 4.78 is 0. The molecular formula is C15H21N3O. The number of rotatable bonds is 4. The minimum atomic E-state index is -0.172. The van der Waals surface area contributed by atoms with Gasteiger partial charge in [0.1, 0.15) is 0 Å². The second-order valence-corrected chi connectivity index (χ2v) is 5.56. The Hall–Kier alpha value is -1.81. The number of fused-ring (bicyclic) bond motifs is 1. The predicted molar refractivity (Wildman–Crippen MR) is 80.3 cm³/mol. The molecule has 4 nitrogen and oxygen atoms in total. The van der Waals surface area contributed by atoms with E-state index >= 15 is 0 Å². The van der Waals surface area contributed by atoms with E-state index in [1.807, 2.05) is 31.3 Å². The molecule has 0 spiro atoms. The monoisotopic (exact) mass is 259 g/mol. The highest BCUT2D eigenvalue weighted by atomic mass is 16.3. The molecule has 0 saturated carbocycles. The molecule has 0 bridgehead atoms. The largest absolute Gasteiger partial charge is 0.398 e. The van der Waals surface area contributed by atoms with Gasteiger partial charge in [-0.15, -0.1) is 0 Å². The standard InChI is InChI=1S/C15H21N3O/c1-10-8-11-12(9-17-10)13(16)4-5-14(11)18-15(2,3)6-7-19/h4-5,8-9,18-19H,6-7,16H2,1-3H3. The van der Waals surface area contributed by atoms with Gasteiger partial charge in [0.25, 0.3) is 0 Å². The first-order valence-electron chi connectivity index (χ1n) is 6.47. The van der Waals surface area contributed by atoms with Crippen molar-refractivity contribution in [2.75, 3.05) is 17.7 Å². The van der Waals surface area contributed by atoms with Crippen LogP contribution in [-0.4, -0.2) is 22.2 Å². The van der Waals surface area contributed by atoms with Crippen molar-refractivity contribution >= 4 is 22.1 Å². The van der Waals surface area contributed by atoms with E-state index in [1.54, 1.807) is 0 Å². The van der Waals surface area contributed by atoms with Gasteiger partial charge in [-0.05, 0) is 45.4 Å². The fraction of sp³-hybridized carbons (Fsp3) is 0.400. The Morgan fingerprint density at radius 3 is 2.74 bits per heavy atom. The number of hydrogen-bond donors (Lipinski definition) is 3. The zero-order valence-corrected chi connectivity index (χ0v) is 11.7. The van der Waals surface area contributed by atoms with Gasteiger partial charge in [-0.25, -0.2) is 0 Å². The van der Waals surface area contributed by atoms with Crippen LogP contribution in [0.1, 0.15) is 26.0 Å². The number of nitrogens with two attached hydrogens (primary N) is 1. The van der Waals surface area contributed by atoms with Gasteiger partial charge in [0, 0.05) is 46.2 Å². The molecule has 1 aromatic heterocycles. The van der Waals surface area contributed by atoms with Gasteiger partial charge >= 0.3 is 0 Å². The van der Waals surface area contributed by atoms with Crippen LogP contribution in [0.15, 0.2) is 24.4 Å². The highest BCUT2D eigenvalue weighted by Gasteiger charge is 2.18. The average molecular weight is 259 g/mol. The summed E-state index contributed by atoms with van der Waals surface area (Å²) in [5.74, 6) is 0. The Morgan fingerprint density at radius 2 is 2.05 bits per heavy atom. The van der Waals surface area contributed by atoms with E-state index in [9.17, 15) is 0 Å². The van der Waals surface area contributed by atoms with Crippen molar-refractivity contribution in [3.63, 3.8) is 0 Å². The van der Waals surface area contributed by atoms with Crippen LogP contribution < -0.4 is 11.1 Å². The SMILES string of the molecule is Cc1cc2c(NC(C)(C)CCO)ccc(N)c2cn1. The number of hydrogen-bond acceptors (Lipinski definition) is 4. The van der Waals surface area contributed by atoms with Crippen molar-refractivity contribution in [3.8, 4) is 0 Å². The van der Waals surface area contributed by atoms with Crippen molar-refractivity contribution < 1.29 is 5.11 Å². The molecule has 2 rings (SSSR count).